The quantitative estimate of drug-likeness (QED) is 0.527. The number of carbonyl (C=O) groups excluding carboxylic acids is 1. The van der Waals surface area contributed by atoms with Crippen LogP contribution in [0, 0.1) is 0 Å². The van der Waals surface area contributed by atoms with Crippen molar-refractivity contribution in [3.8, 4) is 0 Å². The minimum Gasteiger partial charge on any atom is -0.384 e. The highest BCUT2D eigenvalue weighted by atomic mass is 16.5. The molecule has 0 aromatic heterocycles. The average molecular weight is 106 g/mol. The summed E-state index contributed by atoms with van der Waals surface area (Å²) in [5.41, 5.74) is 4.72. The number of ether oxygens (including phenoxy) is 1. The molecule has 0 saturated carbocycles. The van der Waals surface area contributed by atoms with Gasteiger partial charge in [-0.3, -0.25) is 4.79 Å². The van der Waals surface area contributed by atoms with Crippen LogP contribution in [-0.4, -0.2) is 19.6 Å². The standard InChI is InChI=1S/C4H9NO2/c1-7-3-2-4(5)6/h2-3H2,1H3,(H2,5,6)/i1D3. The minimum atomic E-state index is -2.42. The third-order valence-electron chi connectivity index (χ3n) is 0.451. The number of rotatable bonds is 3. The van der Waals surface area contributed by atoms with Crippen molar-refractivity contribution in [3.05, 3.63) is 0 Å². The SMILES string of the molecule is [2H]C([2H])([2H])OCCC(N)=O. The van der Waals surface area contributed by atoms with Crippen molar-refractivity contribution in [3.63, 3.8) is 0 Å². The van der Waals surface area contributed by atoms with E-state index in [2.05, 4.69) is 4.74 Å². The summed E-state index contributed by atoms with van der Waals surface area (Å²) in [6, 6.07) is 0. The predicted molar refractivity (Wildman–Crippen MR) is 25.7 cm³/mol. The van der Waals surface area contributed by atoms with E-state index in [-0.39, 0.29) is 13.0 Å². The summed E-state index contributed by atoms with van der Waals surface area (Å²) < 4.78 is 23.8. The second kappa shape index (κ2) is 3.61. The van der Waals surface area contributed by atoms with E-state index in [4.69, 9.17) is 9.85 Å². The van der Waals surface area contributed by atoms with Crippen LogP contribution in [0.2, 0.25) is 0 Å². The summed E-state index contributed by atoms with van der Waals surface area (Å²) in [5, 5.41) is 0. The highest BCUT2D eigenvalue weighted by Gasteiger charge is 1.88. The Morgan fingerprint density at radius 1 is 2.14 bits per heavy atom. The molecule has 0 aromatic carbocycles. The number of hydrogen-bond acceptors (Lipinski definition) is 2. The van der Waals surface area contributed by atoms with Crippen LogP contribution in [0.1, 0.15) is 10.5 Å². The number of amides is 1. The third kappa shape index (κ3) is 5.43. The molecule has 42 valence electrons. The Morgan fingerprint density at radius 3 is 3.29 bits per heavy atom. The van der Waals surface area contributed by atoms with Crippen LogP contribution in [0.5, 0.6) is 0 Å². The molecular weight excluding hydrogens is 94.0 g/mol. The first-order chi connectivity index (χ1) is 4.42. The largest absolute Gasteiger partial charge is 0.384 e. The summed E-state index contributed by atoms with van der Waals surface area (Å²) in [7, 11) is -2.42. The molecule has 0 spiro atoms. The zero-order valence-corrected chi connectivity index (χ0v) is 3.81. The van der Waals surface area contributed by atoms with E-state index in [0.29, 0.717) is 0 Å². The lowest BCUT2D eigenvalue weighted by Crippen LogP contribution is -2.12. The fourth-order valence-electron chi connectivity index (χ4n) is 0.152. The number of primary amides is 1. The molecule has 0 unspecified atom stereocenters. The Bertz CT molecular complexity index is 122. The molecule has 0 rings (SSSR count). The van der Waals surface area contributed by atoms with Crippen molar-refractivity contribution >= 4 is 5.91 Å². The molecule has 0 fully saturated rings. The van der Waals surface area contributed by atoms with Gasteiger partial charge >= 0.3 is 0 Å². The Labute approximate surface area is 46.7 Å². The third-order valence-corrected chi connectivity index (χ3v) is 0.451. The van der Waals surface area contributed by atoms with Crippen molar-refractivity contribution < 1.29 is 13.6 Å². The lowest BCUT2D eigenvalue weighted by molar-refractivity contribution is -0.118. The first kappa shape index (κ1) is 2.67. The topological polar surface area (TPSA) is 52.3 Å². The van der Waals surface area contributed by atoms with E-state index in [1.165, 1.54) is 0 Å². The molecular formula is C4H9NO2. The maximum atomic E-state index is 10.0. The molecule has 0 atom stereocenters. The molecule has 0 aliphatic heterocycles. The molecule has 2 N–H and O–H groups in total. The lowest BCUT2D eigenvalue weighted by atomic mass is 10.4. The molecule has 0 aromatic rings. The van der Waals surface area contributed by atoms with Crippen molar-refractivity contribution in [1.82, 2.24) is 0 Å². The van der Waals surface area contributed by atoms with Gasteiger partial charge in [0.1, 0.15) is 0 Å². The van der Waals surface area contributed by atoms with E-state index >= 15 is 0 Å². The zero-order valence-electron chi connectivity index (χ0n) is 6.81. The van der Waals surface area contributed by atoms with Crippen molar-refractivity contribution in [1.29, 1.82) is 0 Å². The minimum absolute atomic E-state index is 0.0572. The van der Waals surface area contributed by atoms with Crippen LogP contribution < -0.4 is 5.73 Å². The molecule has 7 heavy (non-hydrogen) atoms. The number of carbonyl (C=O) groups is 1. The number of nitrogens with two attached hydrogens (primary N) is 1. The average Bonchev–Trinajstić information content (AvgIpc) is 1.59. The van der Waals surface area contributed by atoms with Crippen LogP contribution in [0.4, 0.5) is 0 Å². The molecule has 0 saturated heterocycles. The van der Waals surface area contributed by atoms with Gasteiger partial charge in [-0.2, -0.15) is 0 Å². The van der Waals surface area contributed by atoms with Crippen LogP contribution in [0.3, 0.4) is 0 Å². The van der Waals surface area contributed by atoms with Crippen molar-refractivity contribution in [2.45, 2.75) is 6.42 Å². The maximum absolute atomic E-state index is 10.0. The van der Waals surface area contributed by atoms with E-state index in [9.17, 15) is 4.79 Å². The molecule has 1 amide bonds. The summed E-state index contributed by atoms with van der Waals surface area (Å²) >= 11 is 0. The molecule has 0 bridgehead atoms. The van der Waals surface area contributed by atoms with Gasteiger partial charge in [-0.05, 0) is 0 Å². The van der Waals surface area contributed by atoms with Gasteiger partial charge in [0.25, 0.3) is 0 Å². The van der Waals surface area contributed by atoms with Crippen molar-refractivity contribution in [2.75, 3.05) is 13.6 Å². The Balaban J connectivity index is 3.29. The second-order valence-electron chi connectivity index (χ2n) is 1.06. The van der Waals surface area contributed by atoms with Crippen molar-refractivity contribution in [2.24, 2.45) is 5.73 Å². The Kier molecular flexibility index (Phi) is 1.38. The molecule has 3 heteroatoms. The monoisotopic (exact) mass is 106 g/mol. The highest BCUT2D eigenvalue weighted by Crippen LogP contribution is 1.74. The lowest BCUT2D eigenvalue weighted by Gasteiger charge is -1.89. The predicted octanol–water partition coefficient (Wildman–Crippen LogP) is -0.492. The van der Waals surface area contributed by atoms with E-state index in [0.717, 1.165) is 0 Å². The van der Waals surface area contributed by atoms with E-state index < -0.39 is 12.9 Å². The van der Waals surface area contributed by atoms with Gasteiger partial charge in [-0.1, -0.05) is 0 Å². The van der Waals surface area contributed by atoms with Gasteiger partial charge in [0.05, 0.1) is 10.7 Å². The van der Waals surface area contributed by atoms with Gasteiger partial charge in [0, 0.05) is 13.5 Å². The summed E-state index contributed by atoms with van der Waals surface area (Å²) in [5.74, 6) is -0.566. The zero-order chi connectivity index (χ0) is 8.20. The van der Waals surface area contributed by atoms with Gasteiger partial charge in [0.15, 0.2) is 0 Å². The summed E-state index contributed by atoms with van der Waals surface area (Å²) in [6.07, 6.45) is -0.0572. The van der Waals surface area contributed by atoms with E-state index in [1.807, 2.05) is 0 Å². The Morgan fingerprint density at radius 2 is 2.86 bits per heavy atom. The molecule has 3 nitrogen and oxygen atoms in total. The first-order valence-electron chi connectivity index (χ1n) is 3.34. The van der Waals surface area contributed by atoms with Gasteiger partial charge in [-0.25, -0.2) is 0 Å². The highest BCUT2D eigenvalue weighted by molar-refractivity contribution is 5.73. The summed E-state index contributed by atoms with van der Waals surface area (Å²) in [6.45, 7) is -0.147. The summed E-state index contributed by atoms with van der Waals surface area (Å²) in [4.78, 5) is 10.0. The van der Waals surface area contributed by atoms with Crippen LogP contribution in [-0.2, 0) is 9.53 Å². The van der Waals surface area contributed by atoms with Gasteiger partial charge in [-0.15, -0.1) is 0 Å². The molecule has 0 aliphatic carbocycles. The smallest absolute Gasteiger partial charge is 0.219 e. The fourth-order valence-corrected chi connectivity index (χ4v) is 0.152. The normalized spacial score (nSPS) is 16.9. The number of hydrogen-bond donors (Lipinski definition) is 1. The van der Waals surface area contributed by atoms with Crippen LogP contribution >= 0.6 is 0 Å². The van der Waals surface area contributed by atoms with Gasteiger partial charge < -0.3 is 10.5 Å². The van der Waals surface area contributed by atoms with Crippen LogP contribution in [0.25, 0.3) is 0 Å². The second-order valence-corrected chi connectivity index (χ2v) is 1.06. The van der Waals surface area contributed by atoms with Gasteiger partial charge in [0.2, 0.25) is 5.91 Å². The molecule has 0 aliphatic rings. The molecule has 0 heterocycles. The van der Waals surface area contributed by atoms with E-state index in [1.54, 1.807) is 0 Å². The first-order valence-corrected chi connectivity index (χ1v) is 1.84. The van der Waals surface area contributed by atoms with Crippen LogP contribution in [0.15, 0.2) is 0 Å². The fraction of sp³-hybridized carbons (Fsp3) is 0.750. The Hall–Kier alpha value is -0.570. The number of methoxy groups -OCH3 is 1. The molecule has 0 radical (unpaired) electrons. The maximum Gasteiger partial charge on any atom is 0.219 e.